The number of fused-ring (bicyclic) bond motifs is 1. The molecule has 0 radical (unpaired) electrons. The lowest BCUT2D eigenvalue weighted by Crippen LogP contribution is -2.34. The summed E-state index contributed by atoms with van der Waals surface area (Å²) in [6.45, 7) is 0.821. The molecule has 0 bridgehead atoms. The first-order valence-electron chi connectivity index (χ1n) is 6.23. The number of hydrogen-bond donors (Lipinski definition) is 0. The number of halogens is 3. The van der Waals surface area contributed by atoms with Crippen molar-refractivity contribution >= 4 is 16.5 Å². The molecule has 2 aliphatic rings. The van der Waals surface area contributed by atoms with Crippen LogP contribution in [0.3, 0.4) is 0 Å². The van der Waals surface area contributed by atoms with Crippen molar-refractivity contribution < 1.29 is 13.2 Å². The topological polar surface area (TPSA) is 29.0 Å². The Hall–Kier alpha value is -0.850. The summed E-state index contributed by atoms with van der Waals surface area (Å²) in [5, 5.41) is 6.61. The van der Waals surface area contributed by atoms with Gasteiger partial charge in [0.15, 0.2) is 0 Å². The normalized spacial score (nSPS) is 28.5. The van der Waals surface area contributed by atoms with Crippen LogP contribution in [-0.4, -0.2) is 22.8 Å². The Morgan fingerprint density at radius 3 is 2.61 bits per heavy atom. The van der Waals surface area contributed by atoms with E-state index >= 15 is 0 Å². The average molecular weight is 277 g/mol. The highest BCUT2D eigenvalue weighted by molar-refractivity contribution is 7.15. The lowest BCUT2D eigenvalue weighted by molar-refractivity contribution is -0.138. The highest BCUT2D eigenvalue weighted by Crippen LogP contribution is 2.41. The Morgan fingerprint density at radius 2 is 1.89 bits per heavy atom. The fourth-order valence-electron chi connectivity index (χ4n) is 3.09. The van der Waals surface area contributed by atoms with Crippen LogP contribution in [0.4, 0.5) is 18.3 Å². The van der Waals surface area contributed by atoms with Gasteiger partial charge in [-0.05, 0) is 25.2 Å². The fraction of sp³-hybridized carbons (Fsp3) is 0.818. The van der Waals surface area contributed by atoms with E-state index < -0.39 is 11.2 Å². The number of anilines is 1. The van der Waals surface area contributed by atoms with Crippen LogP contribution in [0.15, 0.2) is 0 Å². The van der Waals surface area contributed by atoms with Gasteiger partial charge in [0.1, 0.15) is 0 Å². The molecule has 2 atom stereocenters. The Morgan fingerprint density at radius 1 is 1.11 bits per heavy atom. The Labute approximate surface area is 107 Å². The number of hydrogen-bond acceptors (Lipinski definition) is 4. The second-order valence-electron chi connectivity index (χ2n) is 4.98. The van der Waals surface area contributed by atoms with Gasteiger partial charge >= 0.3 is 6.18 Å². The molecule has 0 spiro atoms. The van der Waals surface area contributed by atoms with Gasteiger partial charge in [-0.25, -0.2) is 0 Å². The molecule has 3 nitrogen and oxygen atoms in total. The quantitative estimate of drug-likeness (QED) is 0.788. The third-order valence-electron chi connectivity index (χ3n) is 3.91. The predicted molar refractivity (Wildman–Crippen MR) is 62.6 cm³/mol. The minimum absolute atomic E-state index is 0.382. The smallest absolute Gasteiger partial charge is 0.343 e. The zero-order chi connectivity index (χ0) is 12.8. The summed E-state index contributed by atoms with van der Waals surface area (Å²) in [6, 6.07) is 0.382. The maximum Gasteiger partial charge on any atom is 0.445 e. The molecule has 18 heavy (non-hydrogen) atoms. The van der Waals surface area contributed by atoms with Crippen molar-refractivity contribution in [3.8, 4) is 0 Å². The maximum absolute atomic E-state index is 12.5. The van der Waals surface area contributed by atoms with Crippen molar-refractivity contribution in [1.29, 1.82) is 0 Å². The molecule has 1 aliphatic heterocycles. The molecule has 0 amide bonds. The largest absolute Gasteiger partial charge is 0.445 e. The van der Waals surface area contributed by atoms with Gasteiger partial charge in [-0.3, -0.25) is 0 Å². The lowest BCUT2D eigenvalue weighted by Gasteiger charge is -2.31. The molecule has 1 aromatic heterocycles. The minimum atomic E-state index is -4.37. The minimum Gasteiger partial charge on any atom is -0.343 e. The number of rotatable bonds is 1. The van der Waals surface area contributed by atoms with Crippen LogP contribution in [0, 0.1) is 5.92 Å². The number of alkyl halides is 3. The molecule has 7 heteroatoms. The molecule has 0 unspecified atom stereocenters. The van der Waals surface area contributed by atoms with Crippen molar-refractivity contribution in [3.05, 3.63) is 5.01 Å². The van der Waals surface area contributed by atoms with Gasteiger partial charge in [0, 0.05) is 12.6 Å². The average Bonchev–Trinajstić information content (AvgIpc) is 2.94. The first kappa shape index (κ1) is 12.2. The van der Waals surface area contributed by atoms with Gasteiger partial charge in [-0.2, -0.15) is 13.2 Å². The molecule has 1 saturated heterocycles. The van der Waals surface area contributed by atoms with E-state index in [1.54, 1.807) is 0 Å². The Kier molecular flexibility index (Phi) is 2.96. The molecule has 2 fully saturated rings. The summed E-state index contributed by atoms with van der Waals surface area (Å²) in [4.78, 5) is 2.04. The highest BCUT2D eigenvalue weighted by Gasteiger charge is 2.40. The molecule has 0 N–H and O–H groups in total. The molecular weight excluding hydrogens is 263 g/mol. The number of aromatic nitrogens is 2. The monoisotopic (exact) mass is 277 g/mol. The summed E-state index contributed by atoms with van der Waals surface area (Å²) in [5.74, 6) is 0.636. The van der Waals surface area contributed by atoms with E-state index in [1.807, 2.05) is 4.90 Å². The SMILES string of the molecule is FC(F)(F)c1nnc(N2CC[C@H]3CCCC[C@H]32)s1. The van der Waals surface area contributed by atoms with E-state index in [0.29, 0.717) is 28.4 Å². The van der Waals surface area contributed by atoms with E-state index in [2.05, 4.69) is 10.2 Å². The second-order valence-corrected chi connectivity index (χ2v) is 5.94. The van der Waals surface area contributed by atoms with Gasteiger partial charge in [-0.1, -0.05) is 24.2 Å². The van der Waals surface area contributed by atoms with Crippen molar-refractivity contribution in [2.75, 3.05) is 11.4 Å². The molecule has 2 heterocycles. The van der Waals surface area contributed by atoms with Crippen molar-refractivity contribution in [3.63, 3.8) is 0 Å². The predicted octanol–water partition coefficient (Wildman–Crippen LogP) is 3.33. The van der Waals surface area contributed by atoms with E-state index in [0.717, 1.165) is 19.4 Å². The standard InChI is InChI=1S/C11H14F3N3S/c12-11(13,14)9-15-16-10(18-9)17-6-5-7-3-1-2-4-8(7)17/h7-8H,1-6H2/t7-,8-/m1/s1. The summed E-state index contributed by atoms with van der Waals surface area (Å²) >= 11 is 0.672. The van der Waals surface area contributed by atoms with Crippen LogP contribution in [-0.2, 0) is 6.18 Å². The van der Waals surface area contributed by atoms with Crippen LogP contribution >= 0.6 is 11.3 Å². The highest BCUT2D eigenvalue weighted by atomic mass is 32.1. The zero-order valence-electron chi connectivity index (χ0n) is 9.78. The van der Waals surface area contributed by atoms with Gasteiger partial charge in [0.25, 0.3) is 0 Å². The summed E-state index contributed by atoms with van der Waals surface area (Å²) < 4.78 is 37.5. The van der Waals surface area contributed by atoms with Gasteiger partial charge in [0.2, 0.25) is 10.1 Å². The Bertz CT molecular complexity index is 431. The molecule has 0 aromatic carbocycles. The first-order valence-corrected chi connectivity index (χ1v) is 7.05. The zero-order valence-corrected chi connectivity index (χ0v) is 10.6. The van der Waals surface area contributed by atoms with Crippen LogP contribution in [0.1, 0.15) is 37.1 Å². The third kappa shape index (κ3) is 2.08. The molecule has 1 aliphatic carbocycles. The van der Waals surface area contributed by atoms with E-state index in [-0.39, 0.29) is 0 Å². The summed E-state index contributed by atoms with van der Waals surface area (Å²) in [5.41, 5.74) is 0. The molecule has 1 aromatic rings. The van der Waals surface area contributed by atoms with E-state index in [9.17, 15) is 13.2 Å². The second kappa shape index (κ2) is 4.36. The number of nitrogens with zero attached hydrogens (tertiary/aromatic N) is 3. The summed E-state index contributed by atoms with van der Waals surface area (Å²) in [6.07, 6.45) is 1.40. The van der Waals surface area contributed by atoms with Crippen LogP contribution in [0.25, 0.3) is 0 Å². The van der Waals surface area contributed by atoms with Gasteiger partial charge in [-0.15, -0.1) is 10.2 Å². The van der Waals surface area contributed by atoms with Crippen molar-refractivity contribution in [1.82, 2.24) is 10.2 Å². The Balaban J connectivity index is 1.80. The molecule has 3 rings (SSSR count). The fourth-order valence-corrected chi connectivity index (χ4v) is 3.89. The van der Waals surface area contributed by atoms with Gasteiger partial charge in [0.05, 0.1) is 0 Å². The van der Waals surface area contributed by atoms with E-state index in [1.165, 1.54) is 19.3 Å². The van der Waals surface area contributed by atoms with Crippen LogP contribution in [0.5, 0.6) is 0 Å². The van der Waals surface area contributed by atoms with Crippen molar-refractivity contribution in [2.45, 2.75) is 44.3 Å². The van der Waals surface area contributed by atoms with Gasteiger partial charge < -0.3 is 4.90 Å². The lowest BCUT2D eigenvalue weighted by atomic mass is 9.85. The molecular formula is C11H14F3N3S. The summed E-state index contributed by atoms with van der Waals surface area (Å²) in [7, 11) is 0. The van der Waals surface area contributed by atoms with Crippen LogP contribution < -0.4 is 4.90 Å². The molecule has 1 saturated carbocycles. The van der Waals surface area contributed by atoms with Crippen LogP contribution in [0.2, 0.25) is 0 Å². The first-order chi connectivity index (χ1) is 8.55. The van der Waals surface area contributed by atoms with Crippen molar-refractivity contribution in [2.24, 2.45) is 5.92 Å². The maximum atomic E-state index is 12.5. The van der Waals surface area contributed by atoms with E-state index in [4.69, 9.17) is 0 Å². The third-order valence-corrected chi connectivity index (χ3v) is 4.92. The molecule has 100 valence electrons.